The van der Waals surface area contributed by atoms with Crippen molar-refractivity contribution in [2.45, 2.75) is 64.0 Å². The number of piperidine rings is 1. The van der Waals surface area contributed by atoms with E-state index in [0.29, 0.717) is 24.5 Å². The first kappa shape index (κ1) is 16.3. The molecular formula is C18H33N3O. The zero-order valence-electron chi connectivity index (χ0n) is 14.4. The highest BCUT2D eigenvalue weighted by molar-refractivity contribution is 5.79. The van der Waals surface area contributed by atoms with Gasteiger partial charge in [-0.3, -0.25) is 9.69 Å². The van der Waals surface area contributed by atoms with Crippen molar-refractivity contribution in [3.05, 3.63) is 0 Å². The first-order chi connectivity index (χ1) is 10.7. The Labute approximate surface area is 135 Å². The lowest BCUT2D eigenvalue weighted by atomic mass is 9.93. The Morgan fingerprint density at radius 1 is 1.18 bits per heavy atom. The number of nitrogens with one attached hydrogen (secondary N) is 1. The van der Waals surface area contributed by atoms with Gasteiger partial charge >= 0.3 is 0 Å². The van der Waals surface area contributed by atoms with Gasteiger partial charge in [-0.2, -0.15) is 0 Å². The second-order valence-electron chi connectivity index (χ2n) is 7.72. The van der Waals surface area contributed by atoms with E-state index in [0.717, 1.165) is 31.5 Å². The molecule has 1 amide bonds. The minimum Gasteiger partial charge on any atom is -0.336 e. The molecule has 3 rings (SSSR count). The molecule has 2 aliphatic carbocycles. The Balaban J connectivity index is 1.45. The average Bonchev–Trinajstić information content (AvgIpc) is 3.39. The molecule has 1 aliphatic heterocycles. The van der Waals surface area contributed by atoms with E-state index in [1.54, 1.807) is 0 Å². The first-order valence-electron chi connectivity index (χ1n) is 9.37. The van der Waals surface area contributed by atoms with Crippen molar-refractivity contribution >= 4 is 5.91 Å². The van der Waals surface area contributed by atoms with Crippen molar-refractivity contribution in [2.24, 2.45) is 11.8 Å². The van der Waals surface area contributed by atoms with Crippen LogP contribution in [0, 0.1) is 11.8 Å². The van der Waals surface area contributed by atoms with E-state index in [2.05, 4.69) is 22.0 Å². The van der Waals surface area contributed by atoms with E-state index in [4.69, 9.17) is 0 Å². The summed E-state index contributed by atoms with van der Waals surface area (Å²) >= 11 is 0. The molecule has 0 aromatic rings. The number of carbonyl (C=O) groups excluding carboxylic acids is 1. The van der Waals surface area contributed by atoms with E-state index < -0.39 is 0 Å². The summed E-state index contributed by atoms with van der Waals surface area (Å²) in [6, 6.07) is 1.05. The monoisotopic (exact) mass is 307 g/mol. The normalized spacial score (nSPS) is 25.2. The molecule has 22 heavy (non-hydrogen) atoms. The summed E-state index contributed by atoms with van der Waals surface area (Å²) < 4.78 is 0. The van der Waals surface area contributed by atoms with Crippen LogP contribution in [-0.4, -0.2) is 61.0 Å². The summed E-state index contributed by atoms with van der Waals surface area (Å²) in [4.78, 5) is 17.4. The summed E-state index contributed by atoms with van der Waals surface area (Å²) in [5.41, 5.74) is 0. The second kappa shape index (κ2) is 7.31. The first-order valence-corrected chi connectivity index (χ1v) is 9.37. The quantitative estimate of drug-likeness (QED) is 0.746. The molecule has 4 nitrogen and oxygen atoms in total. The maximum absolute atomic E-state index is 12.8. The van der Waals surface area contributed by atoms with Crippen molar-refractivity contribution in [1.29, 1.82) is 0 Å². The van der Waals surface area contributed by atoms with Crippen LogP contribution >= 0.6 is 0 Å². The largest absolute Gasteiger partial charge is 0.336 e. The van der Waals surface area contributed by atoms with E-state index in [9.17, 15) is 4.79 Å². The molecule has 126 valence electrons. The average molecular weight is 307 g/mol. The van der Waals surface area contributed by atoms with Gasteiger partial charge in [0.05, 0.1) is 6.54 Å². The van der Waals surface area contributed by atoms with Gasteiger partial charge < -0.3 is 10.2 Å². The van der Waals surface area contributed by atoms with Gasteiger partial charge in [0.25, 0.3) is 0 Å². The molecule has 0 radical (unpaired) electrons. The number of carbonyl (C=O) groups is 1. The third-order valence-electron chi connectivity index (χ3n) is 5.84. The van der Waals surface area contributed by atoms with Crippen LogP contribution in [-0.2, 0) is 4.79 Å². The smallest absolute Gasteiger partial charge is 0.237 e. The molecule has 1 heterocycles. The predicted molar refractivity (Wildman–Crippen MR) is 89.8 cm³/mol. The van der Waals surface area contributed by atoms with Crippen LogP contribution in [0.5, 0.6) is 0 Å². The molecule has 1 unspecified atom stereocenters. The van der Waals surface area contributed by atoms with Crippen LogP contribution < -0.4 is 5.32 Å². The lowest BCUT2D eigenvalue weighted by Crippen LogP contribution is -2.48. The Hall–Kier alpha value is -0.610. The Morgan fingerprint density at radius 2 is 1.86 bits per heavy atom. The fourth-order valence-electron chi connectivity index (χ4n) is 3.98. The van der Waals surface area contributed by atoms with Gasteiger partial charge in [-0.1, -0.05) is 0 Å². The molecule has 0 bridgehead atoms. The molecule has 0 aromatic heterocycles. The third-order valence-corrected chi connectivity index (χ3v) is 5.84. The van der Waals surface area contributed by atoms with Crippen molar-refractivity contribution in [3.63, 3.8) is 0 Å². The molecule has 1 saturated heterocycles. The van der Waals surface area contributed by atoms with E-state index in [1.807, 2.05) is 7.05 Å². The van der Waals surface area contributed by atoms with Crippen molar-refractivity contribution in [3.8, 4) is 0 Å². The van der Waals surface area contributed by atoms with Crippen LogP contribution in [0.4, 0.5) is 0 Å². The zero-order valence-corrected chi connectivity index (χ0v) is 14.4. The molecule has 3 fully saturated rings. The number of nitrogens with zero attached hydrogens (tertiary/aromatic N) is 2. The lowest BCUT2D eigenvalue weighted by molar-refractivity contribution is -0.136. The molecule has 3 aliphatic rings. The van der Waals surface area contributed by atoms with Gasteiger partial charge in [-0.05, 0) is 90.4 Å². The minimum absolute atomic E-state index is 0.399. The zero-order chi connectivity index (χ0) is 15.5. The Bertz CT molecular complexity index is 371. The highest BCUT2D eigenvalue weighted by Crippen LogP contribution is 2.39. The summed E-state index contributed by atoms with van der Waals surface area (Å²) in [5, 5.41) is 3.25. The van der Waals surface area contributed by atoms with Crippen LogP contribution in [0.3, 0.4) is 0 Å². The van der Waals surface area contributed by atoms with Crippen molar-refractivity contribution in [1.82, 2.24) is 15.1 Å². The van der Waals surface area contributed by atoms with Crippen LogP contribution in [0.2, 0.25) is 0 Å². The summed E-state index contributed by atoms with van der Waals surface area (Å²) in [6.45, 7) is 6.27. The number of hydrogen-bond acceptors (Lipinski definition) is 3. The van der Waals surface area contributed by atoms with Gasteiger partial charge in [-0.25, -0.2) is 0 Å². The second-order valence-corrected chi connectivity index (χ2v) is 7.72. The number of rotatable bonds is 8. The van der Waals surface area contributed by atoms with E-state index in [-0.39, 0.29) is 0 Å². The maximum atomic E-state index is 12.8. The van der Waals surface area contributed by atoms with E-state index in [1.165, 1.54) is 44.9 Å². The summed E-state index contributed by atoms with van der Waals surface area (Å²) in [6.07, 6.45) is 8.92. The highest BCUT2D eigenvalue weighted by atomic mass is 16.2. The third kappa shape index (κ3) is 4.23. The summed E-state index contributed by atoms with van der Waals surface area (Å²) in [7, 11) is 2.03. The van der Waals surface area contributed by atoms with Gasteiger partial charge in [0.2, 0.25) is 5.91 Å². The topological polar surface area (TPSA) is 35.6 Å². The van der Waals surface area contributed by atoms with Crippen molar-refractivity contribution in [2.75, 3.05) is 33.2 Å². The Kier molecular flexibility index (Phi) is 5.40. The fourth-order valence-corrected chi connectivity index (χ4v) is 3.98. The molecule has 2 saturated carbocycles. The fraction of sp³-hybridized carbons (Fsp3) is 0.944. The molecule has 4 heteroatoms. The molecular weight excluding hydrogens is 274 g/mol. The molecule has 1 atom stereocenters. The summed E-state index contributed by atoms with van der Waals surface area (Å²) in [5.74, 6) is 2.04. The number of amides is 1. The Morgan fingerprint density at radius 3 is 2.41 bits per heavy atom. The number of likely N-dealkylation sites (tertiary alicyclic amines) is 1. The standard InChI is InChI=1S/C18H33N3O/c1-14(16-3-4-16)21(17-5-6-17)18(22)13-20-11-8-15(9-12-20)7-10-19-2/h14-17,19H,3-13H2,1-2H3. The predicted octanol–water partition coefficient (Wildman–Crippen LogP) is 2.10. The van der Waals surface area contributed by atoms with E-state index >= 15 is 0 Å². The van der Waals surface area contributed by atoms with Gasteiger partial charge in [-0.15, -0.1) is 0 Å². The highest BCUT2D eigenvalue weighted by Gasteiger charge is 2.41. The van der Waals surface area contributed by atoms with Gasteiger partial charge in [0.1, 0.15) is 0 Å². The molecule has 1 N–H and O–H groups in total. The van der Waals surface area contributed by atoms with Crippen LogP contribution in [0.25, 0.3) is 0 Å². The lowest BCUT2D eigenvalue weighted by Gasteiger charge is -2.35. The van der Waals surface area contributed by atoms with Crippen LogP contribution in [0.15, 0.2) is 0 Å². The number of hydrogen-bond donors (Lipinski definition) is 1. The van der Waals surface area contributed by atoms with Crippen molar-refractivity contribution < 1.29 is 4.79 Å². The minimum atomic E-state index is 0.399. The maximum Gasteiger partial charge on any atom is 0.237 e. The SMILES string of the molecule is CNCCC1CCN(CC(=O)N(C2CC2)C(C)C2CC2)CC1. The van der Waals surface area contributed by atoms with Crippen LogP contribution in [0.1, 0.15) is 51.9 Å². The van der Waals surface area contributed by atoms with Gasteiger partial charge in [0.15, 0.2) is 0 Å². The molecule has 0 spiro atoms. The van der Waals surface area contributed by atoms with Gasteiger partial charge in [0, 0.05) is 12.1 Å². The molecule has 0 aromatic carbocycles.